The Bertz CT molecular complexity index is 647. The van der Waals surface area contributed by atoms with Crippen molar-refractivity contribution in [1.29, 1.82) is 0 Å². The number of rotatable bonds is 2. The van der Waals surface area contributed by atoms with E-state index in [0.717, 1.165) is 18.2 Å². The lowest BCUT2D eigenvalue weighted by atomic mass is 10.0. The van der Waals surface area contributed by atoms with E-state index < -0.39 is 40.2 Å². The molecule has 6 heteroatoms. The third kappa shape index (κ3) is 2.61. The predicted molar refractivity (Wildman–Crippen MR) is 61.2 cm³/mol. The van der Waals surface area contributed by atoms with E-state index in [1.165, 1.54) is 0 Å². The van der Waals surface area contributed by atoms with Crippen molar-refractivity contribution in [1.82, 2.24) is 0 Å². The molecule has 0 aliphatic heterocycles. The van der Waals surface area contributed by atoms with Gasteiger partial charge >= 0.3 is 0 Å². The summed E-state index contributed by atoms with van der Waals surface area (Å²) in [5, 5.41) is -0.158. The lowest BCUT2D eigenvalue weighted by molar-refractivity contribution is 0.103. The second kappa shape index (κ2) is 5.01. The van der Waals surface area contributed by atoms with Crippen molar-refractivity contribution in [3.63, 3.8) is 0 Å². The summed E-state index contributed by atoms with van der Waals surface area (Å²) in [7, 11) is 0. The highest BCUT2D eigenvalue weighted by molar-refractivity contribution is 6.35. The number of ketones is 1. The SMILES string of the molecule is O=C(c1cc(F)ccc1Cl)c1c(F)cc(F)cc1F. The predicted octanol–water partition coefficient (Wildman–Crippen LogP) is 4.13. The smallest absolute Gasteiger partial charge is 0.200 e. The van der Waals surface area contributed by atoms with Gasteiger partial charge in [0.05, 0.1) is 10.6 Å². The summed E-state index contributed by atoms with van der Waals surface area (Å²) in [6.45, 7) is 0. The fourth-order valence-electron chi connectivity index (χ4n) is 1.57. The minimum Gasteiger partial charge on any atom is -0.288 e. The van der Waals surface area contributed by atoms with Gasteiger partial charge in [-0.25, -0.2) is 17.6 Å². The molecule has 0 aliphatic rings. The van der Waals surface area contributed by atoms with Crippen LogP contribution in [0.15, 0.2) is 30.3 Å². The third-order valence-corrected chi connectivity index (χ3v) is 2.74. The van der Waals surface area contributed by atoms with Gasteiger partial charge in [0.1, 0.15) is 23.3 Å². The molecule has 0 aromatic heterocycles. The lowest BCUT2D eigenvalue weighted by Crippen LogP contribution is -2.09. The van der Waals surface area contributed by atoms with Crippen LogP contribution < -0.4 is 0 Å². The van der Waals surface area contributed by atoms with Gasteiger partial charge in [0.2, 0.25) is 5.78 Å². The van der Waals surface area contributed by atoms with Crippen LogP contribution in [0.3, 0.4) is 0 Å². The Hall–Kier alpha value is -1.88. The highest BCUT2D eigenvalue weighted by Gasteiger charge is 2.22. The van der Waals surface area contributed by atoms with Crippen LogP contribution in [0.2, 0.25) is 5.02 Å². The van der Waals surface area contributed by atoms with Gasteiger partial charge in [-0.1, -0.05) is 11.6 Å². The first-order valence-corrected chi connectivity index (χ1v) is 5.42. The summed E-state index contributed by atoms with van der Waals surface area (Å²) in [4.78, 5) is 11.9. The molecule has 0 bridgehead atoms. The van der Waals surface area contributed by atoms with Gasteiger partial charge in [0, 0.05) is 17.7 Å². The molecule has 0 aliphatic carbocycles. The first-order chi connectivity index (χ1) is 8.90. The normalized spacial score (nSPS) is 10.6. The van der Waals surface area contributed by atoms with E-state index in [1.807, 2.05) is 0 Å². The average Bonchev–Trinajstić information content (AvgIpc) is 2.30. The Morgan fingerprint density at radius 1 is 0.895 bits per heavy atom. The van der Waals surface area contributed by atoms with Gasteiger partial charge in [0.25, 0.3) is 0 Å². The molecule has 2 aromatic rings. The molecule has 0 heterocycles. The quantitative estimate of drug-likeness (QED) is 0.600. The van der Waals surface area contributed by atoms with Crippen molar-refractivity contribution in [2.45, 2.75) is 0 Å². The Labute approximate surface area is 110 Å². The molecule has 2 aromatic carbocycles. The maximum absolute atomic E-state index is 13.4. The molecule has 1 nitrogen and oxygen atoms in total. The number of hydrogen-bond donors (Lipinski definition) is 0. The Balaban J connectivity index is 2.59. The summed E-state index contributed by atoms with van der Waals surface area (Å²) in [6.07, 6.45) is 0. The second-order valence-electron chi connectivity index (χ2n) is 3.70. The Morgan fingerprint density at radius 3 is 2.05 bits per heavy atom. The van der Waals surface area contributed by atoms with Crippen LogP contribution in [0.25, 0.3) is 0 Å². The van der Waals surface area contributed by atoms with Crippen LogP contribution >= 0.6 is 11.6 Å². The van der Waals surface area contributed by atoms with Crippen molar-refractivity contribution < 1.29 is 22.4 Å². The van der Waals surface area contributed by atoms with Crippen LogP contribution in [0.5, 0.6) is 0 Å². The van der Waals surface area contributed by atoms with E-state index in [0.29, 0.717) is 12.1 Å². The third-order valence-electron chi connectivity index (χ3n) is 2.41. The molecule has 0 radical (unpaired) electrons. The molecule has 0 saturated heterocycles. The molecule has 0 unspecified atom stereocenters. The highest BCUT2D eigenvalue weighted by Crippen LogP contribution is 2.24. The van der Waals surface area contributed by atoms with Crippen LogP contribution in [0.1, 0.15) is 15.9 Å². The van der Waals surface area contributed by atoms with Crippen molar-refractivity contribution in [2.75, 3.05) is 0 Å². The van der Waals surface area contributed by atoms with E-state index in [-0.39, 0.29) is 5.02 Å². The van der Waals surface area contributed by atoms with Gasteiger partial charge in [0.15, 0.2) is 0 Å². The maximum atomic E-state index is 13.4. The summed E-state index contributed by atoms with van der Waals surface area (Å²) < 4.78 is 52.7. The zero-order valence-electron chi connectivity index (χ0n) is 9.18. The summed E-state index contributed by atoms with van der Waals surface area (Å²) >= 11 is 5.67. The zero-order chi connectivity index (χ0) is 14.2. The van der Waals surface area contributed by atoms with Gasteiger partial charge in [-0.3, -0.25) is 4.79 Å². The Kier molecular flexibility index (Phi) is 3.57. The van der Waals surface area contributed by atoms with E-state index in [4.69, 9.17) is 11.6 Å². The van der Waals surface area contributed by atoms with Crippen LogP contribution in [0, 0.1) is 23.3 Å². The van der Waals surface area contributed by atoms with E-state index >= 15 is 0 Å². The van der Waals surface area contributed by atoms with E-state index in [2.05, 4.69) is 0 Å². The molecule has 19 heavy (non-hydrogen) atoms. The van der Waals surface area contributed by atoms with Gasteiger partial charge < -0.3 is 0 Å². The van der Waals surface area contributed by atoms with Crippen LogP contribution in [-0.4, -0.2) is 5.78 Å². The molecule has 98 valence electrons. The van der Waals surface area contributed by atoms with Gasteiger partial charge in [-0.2, -0.15) is 0 Å². The van der Waals surface area contributed by atoms with E-state index in [9.17, 15) is 22.4 Å². The minimum atomic E-state index is -1.37. The van der Waals surface area contributed by atoms with Crippen molar-refractivity contribution in [2.24, 2.45) is 0 Å². The molecule has 0 saturated carbocycles. The number of halogens is 5. The van der Waals surface area contributed by atoms with E-state index in [1.54, 1.807) is 0 Å². The minimum absolute atomic E-state index is 0.158. The first-order valence-electron chi connectivity index (χ1n) is 5.04. The number of hydrogen-bond acceptors (Lipinski definition) is 1. The Morgan fingerprint density at radius 2 is 1.47 bits per heavy atom. The molecule has 0 spiro atoms. The number of benzene rings is 2. The number of carbonyl (C=O) groups is 1. The topological polar surface area (TPSA) is 17.1 Å². The van der Waals surface area contributed by atoms with Gasteiger partial charge in [-0.05, 0) is 18.2 Å². The largest absolute Gasteiger partial charge is 0.288 e. The molecular formula is C13H5ClF4O. The van der Waals surface area contributed by atoms with Gasteiger partial charge in [-0.15, -0.1) is 0 Å². The summed E-state index contributed by atoms with van der Waals surface area (Å²) in [5.41, 5.74) is -1.38. The first kappa shape index (κ1) is 13.5. The van der Waals surface area contributed by atoms with Crippen LogP contribution in [0.4, 0.5) is 17.6 Å². The van der Waals surface area contributed by atoms with Crippen LogP contribution in [-0.2, 0) is 0 Å². The van der Waals surface area contributed by atoms with Crippen molar-refractivity contribution in [3.8, 4) is 0 Å². The van der Waals surface area contributed by atoms with Crippen molar-refractivity contribution in [3.05, 3.63) is 69.8 Å². The molecule has 0 amide bonds. The fourth-order valence-corrected chi connectivity index (χ4v) is 1.77. The fraction of sp³-hybridized carbons (Fsp3) is 0. The maximum Gasteiger partial charge on any atom is 0.200 e. The molecule has 0 atom stereocenters. The lowest BCUT2D eigenvalue weighted by Gasteiger charge is -2.06. The van der Waals surface area contributed by atoms with Crippen molar-refractivity contribution >= 4 is 17.4 Å². The molecule has 0 fully saturated rings. The molecular weight excluding hydrogens is 284 g/mol. The second-order valence-corrected chi connectivity index (χ2v) is 4.10. The monoisotopic (exact) mass is 288 g/mol. The zero-order valence-corrected chi connectivity index (χ0v) is 9.94. The molecule has 2 rings (SSSR count). The molecule has 0 N–H and O–H groups in total. The summed E-state index contributed by atoms with van der Waals surface area (Å²) in [5.74, 6) is -5.84. The average molecular weight is 289 g/mol. The summed E-state index contributed by atoms with van der Waals surface area (Å²) in [6, 6.07) is 3.57. The number of carbonyl (C=O) groups excluding carboxylic acids is 1. The highest BCUT2D eigenvalue weighted by atomic mass is 35.5. The standard InChI is InChI=1S/C13H5ClF4O/c14-9-2-1-6(15)3-8(9)13(19)12-10(17)4-7(16)5-11(12)18/h1-5H.